The molecule has 0 saturated heterocycles. The molecule has 0 fully saturated rings. The van der Waals surface area contributed by atoms with E-state index >= 15 is 0 Å². The van der Waals surface area contributed by atoms with Crippen molar-refractivity contribution in [2.24, 2.45) is 7.05 Å². The Kier molecular flexibility index (Phi) is 5.38. The van der Waals surface area contributed by atoms with E-state index < -0.39 is 0 Å². The molecule has 0 spiro atoms. The van der Waals surface area contributed by atoms with Gasteiger partial charge in [-0.25, -0.2) is 0 Å². The van der Waals surface area contributed by atoms with E-state index in [9.17, 15) is 4.79 Å². The van der Waals surface area contributed by atoms with Gasteiger partial charge in [-0.3, -0.25) is 4.79 Å². The van der Waals surface area contributed by atoms with E-state index in [0.717, 1.165) is 12.0 Å². The van der Waals surface area contributed by atoms with Gasteiger partial charge in [-0.1, -0.05) is 49.9 Å². The van der Waals surface area contributed by atoms with E-state index in [1.54, 1.807) is 6.26 Å². The average molecular weight is 355 g/mol. The van der Waals surface area contributed by atoms with E-state index in [1.807, 2.05) is 48.0 Å². The third-order valence-corrected chi connectivity index (χ3v) is 5.34. The molecule has 130 valence electrons. The van der Waals surface area contributed by atoms with Crippen LogP contribution in [0.25, 0.3) is 11.6 Å². The Morgan fingerprint density at radius 2 is 2.00 bits per heavy atom. The minimum absolute atomic E-state index is 0.0863. The molecule has 0 N–H and O–H groups in total. The van der Waals surface area contributed by atoms with Crippen LogP contribution in [0.3, 0.4) is 0 Å². The quantitative estimate of drug-likeness (QED) is 0.459. The highest BCUT2D eigenvalue weighted by Gasteiger charge is 2.15. The summed E-state index contributed by atoms with van der Waals surface area (Å²) in [5, 5.41) is 8.98. The number of nitrogens with zero attached hydrogens (tertiary/aromatic N) is 3. The van der Waals surface area contributed by atoms with Crippen LogP contribution < -0.4 is 0 Å². The Balaban J connectivity index is 1.65. The van der Waals surface area contributed by atoms with Crippen molar-refractivity contribution in [1.82, 2.24) is 14.8 Å². The SMILES string of the molecule is CC[C@@H](C)c1ccc(C(=O)CSc2nnc(-c3ccco3)n2C)cc1. The molecule has 0 aliphatic heterocycles. The van der Waals surface area contributed by atoms with Gasteiger partial charge < -0.3 is 8.98 Å². The lowest BCUT2D eigenvalue weighted by Gasteiger charge is -2.09. The van der Waals surface area contributed by atoms with Gasteiger partial charge in [-0.05, 0) is 30.0 Å². The molecule has 0 aliphatic carbocycles. The van der Waals surface area contributed by atoms with Gasteiger partial charge in [0.1, 0.15) is 0 Å². The third-order valence-electron chi connectivity index (χ3n) is 4.32. The molecular formula is C19H21N3O2S. The maximum atomic E-state index is 12.4. The summed E-state index contributed by atoms with van der Waals surface area (Å²) in [6, 6.07) is 11.6. The minimum atomic E-state index is 0.0863. The first kappa shape index (κ1) is 17.5. The van der Waals surface area contributed by atoms with Crippen LogP contribution in [0.1, 0.15) is 42.1 Å². The fraction of sp³-hybridized carbons (Fsp3) is 0.316. The summed E-state index contributed by atoms with van der Waals surface area (Å²) in [6.07, 6.45) is 2.69. The van der Waals surface area contributed by atoms with Crippen molar-refractivity contribution in [3.05, 3.63) is 53.8 Å². The number of hydrogen-bond donors (Lipinski definition) is 0. The predicted molar refractivity (Wildman–Crippen MR) is 98.9 cm³/mol. The summed E-state index contributed by atoms with van der Waals surface area (Å²) in [5.41, 5.74) is 2.00. The highest BCUT2D eigenvalue weighted by atomic mass is 32.2. The lowest BCUT2D eigenvalue weighted by Crippen LogP contribution is -2.04. The van der Waals surface area contributed by atoms with Crippen molar-refractivity contribution in [3.8, 4) is 11.6 Å². The molecular weight excluding hydrogens is 334 g/mol. The number of rotatable bonds is 7. The Morgan fingerprint density at radius 3 is 2.64 bits per heavy atom. The number of ketones is 1. The molecule has 0 bridgehead atoms. The van der Waals surface area contributed by atoms with Gasteiger partial charge in [-0.15, -0.1) is 10.2 Å². The van der Waals surface area contributed by atoms with Crippen LogP contribution in [0, 0.1) is 0 Å². The van der Waals surface area contributed by atoms with Gasteiger partial charge in [0, 0.05) is 12.6 Å². The second kappa shape index (κ2) is 7.70. The Labute approximate surface area is 151 Å². The highest BCUT2D eigenvalue weighted by Crippen LogP contribution is 2.24. The van der Waals surface area contributed by atoms with Gasteiger partial charge in [-0.2, -0.15) is 0 Å². The van der Waals surface area contributed by atoms with E-state index in [4.69, 9.17) is 4.42 Å². The van der Waals surface area contributed by atoms with Crippen LogP contribution in [0.4, 0.5) is 0 Å². The van der Waals surface area contributed by atoms with Crippen molar-refractivity contribution in [1.29, 1.82) is 0 Å². The molecule has 1 aromatic carbocycles. The lowest BCUT2D eigenvalue weighted by molar-refractivity contribution is 0.102. The molecule has 25 heavy (non-hydrogen) atoms. The highest BCUT2D eigenvalue weighted by molar-refractivity contribution is 7.99. The van der Waals surface area contributed by atoms with E-state index in [0.29, 0.717) is 28.4 Å². The first-order valence-electron chi connectivity index (χ1n) is 8.29. The first-order valence-corrected chi connectivity index (χ1v) is 9.28. The second-order valence-corrected chi connectivity index (χ2v) is 6.93. The Bertz CT molecular complexity index is 838. The van der Waals surface area contributed by atoms with Gasteiger partial charge in [0.25, 0.3) is 0 Å². The van der Waals surface area contributed by atoms with E-state index in [2.05, 4.69) is 24.0 Å². The summed E-state index contributed by atoms with van der Waals surface area (Å²) in [7, 11) is 1.87. The number of thioether (sulfide) groups is 1. The number of carbonyl (C=O) groups is 1. The lowest BCUT2D eigenvalue weighted by atomic mass is 9.97. The van der Waals surface area contributed by atoms with E-state index in [1.165, 1.54) is 17.3 Å². The van der Waals surface area contributed by atoms with Gasteiger partial charge in [0.05, 0.1) is 12.0 Å². The van der Waals surface area contributed by atoms with Crippen LogP contribution in [-0.4, -0.2) is 26.3 Å². The van der Waals surface area contributed by atoms with Crippen LogP contribution in [-0.2, 0) is 7.05 Å². The van der Waals surface area contributed by atoms with Crippen molar-refractivity contribution in [2.75, 3.05) is 5.75 Å². The number of furan rings is 1. The van der Waals surface area contributed by atoms with Crippen LogP contribution in [0.15, 0.2) is 52.2 Å². The molecule has 0 aliphatic rings. The molecule has 3 aromatic rings. The van der Waals surface area contributed by atoms with Crippen LogP contribution in [0.5, 0.6) is 0 Å². The minimum Gasteiger partial charge on any atom is -0.461 e. The molecule has 2 heterocycles. The summed E-state index contributed by atoms with van der Waals surface area (Å²) >= 11 is 1.38. The molecule has 2 aromatic heterocycles. The normalized spacial score (nSPS) is 12.3. The molecule has 0 saturated carbocycles. The second-order valence-electron chi connectivity index (χ2n) is 5.99. The molecule has 5 nitrogen and oxygen atoms in total. The summed E-state index contributed by atoms with van der Waals surface area (Å²) < 4.78 is 7.18. The fourth-order valence-electron chi connectivity index (χ4n) is 2.51. The topological polar surface area (TPSA) is 60.9 Å². The van der Waals surface area contributed by atoms with Gasteiger partial charge >= 0.3 is 0 Å². The molecule has 3 rings (SSSR count). The molecule has 0 amide bonds. The van der Waals surface area contributed by atoms with E-state index in [-0.39, 0.29) is 5.78 Å². The number of benzene rings is 1. The van der Waals surface area contributed by atoms with Crippen LogP contribution in [0.2, 0.25) is 0 Å². The zero-order chi connectivity index (χ0) is 17.8. The summed E-state index contributed by atoms with van der Waals surface area (Å²) in [6.45, 7) is 4.36. The van der Waals surface area contributed by atoms with Crippen molar-refractivity contribution in [2.45, 2.75) is 31.3 Å². The summed E-state index contributed by atoms with van der Waals surface area (Å²) in [4.78, 5) is 12.4. The zero-order valence-corrected chi connectivity index (χ0v) is 15.4. The monoisotopic (exact) mass is 355 g/mol. The number of aromatic nitrogens is 3. The van der Waals surface area contributed by atoms with Crippen molar-refractivity contribution >= 4 is 17.5 Å². The number of hydrogen-bond acceptors (Lipinski definition) is 5. The standard InChI is InChI=1S/C19H21N3O2S/c1-4-13(2)14-7-9-15(10-8-14)16(23)12-25-19-21-20-18(22(19)3)17-6-5-11-24-17/h5-11,13H,4,12H2,1-3H3/t13-/m1/s1. The Morgan fingerprint density at radius 1 is 1.24 bits per heavy atom. The fourth-order valence-corrected chi connectivity index (χ4v) is 3.31. The number of Topliss-reactive ketones (excluding diaryl/α,β-unsaturated/α-hetero) is 1. The maximum Gasteiger partial charge on any atom is 0.200 e. The molecule has 0 radical (unpaired) electrons. The average Bonchev–Trinajstić information content (AvgIpc) is 3.29. The van der Waals surface area contributed by atoms with Crippen molar-refractivity contribution in [3.63, 3.8) is 0 Å². The third kappa shape index (κ3) is 3.85. The molecule has 6 heteroatoms. The van der Waals surface area contributed by atoms with Crippen molar-refractivity contribution < 1.29 is 9.21 Å². The zero-order valence-electron chi connectivity index (χ0n) is 14.6. The van der Waals surface area contributed by atoms with Gasteiger partial charge in [0.15, 0.2) is 22.5 Å². The predicted octanol–water partition coefficient (Wildman–Crippen LogP) is 4.56. The van der Waals surface area contributed by atoms with Crippen LogP contribution >= 0.6 is 11.8 Å². The molecule has 1 atom stereocenters. The molecule has 0 unspecified atom stereocenters. The smallest absolute Gasteiger partial charge is 0.200 e. The summed E-state index contributed by atoms with van der Waals surface area (Å²) in [5.74, 6) is 2.24. The van der Waals surface area contributed by atoms with Gasteiger partial charge in [0.2, 0.25) is 0 Å². The maximum absolute atomic E-state index is 12.4. The largest absolute Gasteiger partial charge is 0.461 e. The Hall–Kier alpha value is -2.34. The number of carbonyl (C=O) groups excluding carboxylic acids is 1. The first-order chi connectivity index (χ1) is 12.1.